The summed E-state index contributed by atoms with van der Waals surface area (Å²) in [6.07, 6.45) is -9.31. The highest BCUT2D eigenvalue weighted by Gasteiger charge is 2.35. The first kappa shape index (κ1) is 17.1. The van der Waals surface area contributed by atoms with Crippen molar-refractivity contribution in [1.82, 2.24) is 14.6 Å². The number of aryl methyl sites for hydroxylation is 1. The third-order valence-corrected chi connectivity index (χ3v) is 3.34. The topological polar surface area (TPSA) is 42.2 Å². The van der Waals surface area contributed by atoms with Gasteiger partial charge in [-0.3, -0.25) is 0 Å². The Bertz CT molecular complexity index is 926. The molecule has 0 fully saturated rings. The van der Waals surface area contributed by atoms with Crippen LogP contribution in [0.1, 0.15) is 17.0 Å². The molecular formula is C15H10F6N4. The Morgan fingerprint density at radius 2 is 1.64 bits per heavy atom. The van der Waals surface area contributed by atoms with Gasteiger partial charge < -0.3 is 5.32 Å². The van der Waals surface area contributed by atoms with Crippen LogP contribution < -0.4 is 5.32 Å². The molecule has 0 aliphatic rings. The molecule has 0 atom stereocenters. The van der Waals surface area contributed by atoms with E-state index < -0.39 is 23.6 Å². The van der Waals surface area contributed by atoms with Gasteiger partial charge >= 0.3 is 12.4 Å². The Labute approximate surface area is 137 Å². The standard InChI is InChI=1S/C15H10F6N4/c1-8-6-12(23-10-5-3-2-4-9(10)14(16,17)18)25-13(22-8)7-11(24-25)15(19,20)21/h2-7,23H,1H3. The number of nitrogens with zero attached hydrogens (tertiary/aromatic N) is 3. The molecule has 0 saturated heterocycles. The van der Waals surface area contributed by atoms with Gasteiger partial charge in [0.05, 0.1) is 11.3 Å². The van der Waals surface area contributed by atoms with Crippen LogP contribution in [-0.2, 0) is 12.4 Å². The zero-order valence-electron chi connectivity index (χ0n) is 12.6. The Morgan fingerprint density at radius 3 is 2.28 bits per heavy atom. The van der Waals surface area contributed by atoms with Crippen molar-refractivity contribution in [2.75, 3.05) is 5.32 Å². The van der Waals surface area contributed by atoms with Gasteiger partial charge in [-0.25, -0.2) is 4.98 Å². The number of hydrogen-bond acceptors (Lipinski definition) is 3. The van der Waals surface area contributed by atoms with E-state index in [-0.39, 0.29) is 17.2 Å². The van der Waals surface area contributed by atoms with Gasteiger partial charge in [0, 0.05) is 17.8 Å². The second-order valence-electron chi connectivity index (χ2n) is 5.25. The van der Waals surface area contributed by atoms with Gasteiger partial charge in [-0.15, -0.1) is 0 Å². The van der Waals surface area contributed by atoms with E-state index in [1.807, 2.05) is 0 Å². The second kappa shape index (κ2) is 5.64. The average molecular weight is 360 g/mol. The van der Waals surface area contributed by atoms with Gasteiger partial charge in [-0.2, -0.15) is 36.0 Å². The smallest absolute Gasteiger partial charge is 0.340 e. The molecule has 0 radical (unpaired) electrons. The van der Waals surface area contributed by atoms with E-state index in [1.54, 1.807) is 0 Å². The number of para-hydroxylation sites is 1. The lowest BCUT2D eigenvalue weighted by molar-refractivity contribution is -0.141. The van der Waals surface area contributed by atoms with Crippen molar-refractivity contribution in [2.24, 2.45) is 0 Å². The van der Waals surface area contributed by atoms with Crippen molar-refractivity contribution in [3.8, 4) is 0 Å². The lowest BCUT2D eigenvalue weighted by Crippen LogP contribution is -2.11. The first-order valence-electron chi connectivity index (χ1n) is 6.93. The van der Waals surface area contributed by atoms with Gasteiger partial charge in [0.1, 0.15) is 5.82 Å². The van der Waals surface area contributed by atoms with Crippen molar-refractivity contribution in [3.63, 3.8) is 0 Å². The average Bonchev–Trinajstić information content (AvgIpc) is 2.91. The number of aromatic nitrogens is 3. The highest BCUT2D eigenvalue weighted by atomic mass is 19.4. The molecule has 2 heterocycles. The van der Waals surface area contributed by atoms with Crippen LogP contribution in [-0.4, -0.2) is 14.6 Å². The lowest BCUT2D eigenvalue weighted by atomic mass is 10.1. The van der Waals surface area contributed by atoms with Crippen LogP contribution in [0.25, 0.3) is 5.65 Å². The van der Waals surface area contributed by atoms with Crippen LogP contribution in [0.15, 0.2) is 36.4 Å². The molecule has 3 aromatic rings. The predicted molar refractivity (Wildman–Crippen MR) is 77.5 cm³/mol. The fourth-order valence-corrected chi connectivity index (χ4v) is 2.30. The maximum atomic E-state index is 13.1. The van der Waals surface area contributed by atoms with E-state index in [1.165, 1.54) is 31.2 Å². The van der Waals surface area contributed by atoms with Gasteiger partial charge in [-0.05, 0) is 19.1 Å². The number of halogens is 6. The molecule has 0 aliphatic carbocycles. The normalized spacial score (nSPS) is 12.6. The van der Waals surface area contributed by atoms with Crippen LogP contribution in [0.5, 0.6) is 0 Å². The maximum absolute atomic E-state index is 13.1. The number of nitrogens with one attached hydrogen (secondary N) is 1. The van der Waals surface area contributed by atoms with Crippen LogP contribution in [0, 0.1) is 6.92 Å². The minimum absolute atomic E-state index is 0.0605. The molecule has 1 aromatic carbocycles. The van der Waals surface area contributed by atoms with E-state index in [9.17, 15) is 26.3 Å². The first-order valence-corrected chi connectivity index (χ1v) is 6.93. The van der Waals surface area contributed by atoms with Crippen LogP contribution >= 0.6 is 0 Å². The maximum Gasteiger partial charge on any atom is 0.435 e. The largest absolute Gasteiger partial charge is 0.435 e. The Balaban J connectivity index is 2.13. The zero-order valence-corrected chi connectivity index (χ0v) is 12.6. The van der Waals surface area contributed by atoms with Crippen molar-refractivity contribution in [1.29, 1.82) is 0 Å². The third kappa shape index (κ3) is 3.37. The van der Waals surface area contributed by atoms with E-state index in [0.717, 1.165) is 16.6 Å². The van der Waals surface area contributed by atoms with Gasteiger partial charge in [-0.1, -0.05) is 12.1 Å². The summed E-state index contributed by atoms with van der Waals surface area (Å²) >= 11 is 0. The minimum atomic E-state index is -4.69. The molecular weight excluding hydrogens is 350 g/mol. The van der Waals surface area contributed by atoms with Crippen LogP contribution in [0.3, 0.4) is 0 Å². The molecule has 25 heavy (non-hydrogen) atoms. The number of benzene rings is 1. The molecule has 132 valence electrons. The number of rotatable bonds is 2. The van der Waals surface area contributed by atoms with Crippen molar-refractivity contribution < 1.29 is 26.3 Å². The van der Waals surface area contributed by atoms with Gasteiger partial charge in [0.2, 0.25) is 0 Å². The number of hydrogen-bond donors (Lipinski definition) is 1. The molecule has 0 saturated carbocycles. The van der Waals surface area contributed by atoms with E-state index in [4.69, 9.17) is 0 Å². The Kier molecular flexibility index (Phi) is 3.85. The van der Waals surface area contributed by atoms with Gasteiger partial charge in [0.15, 0.2) is 11.3 Å². The summed E-state index contributed by atoms with van der Waals surface area (Å²) < 4.78 is 78.6. The fraction of sp³-hybridized carbons (Fsp3) is 0.200. The molecule has 0 spiro atoms. The summed E-state index contributed by atoms with van der Waals surface area (Å²) in [7, 11) is 0. The summed E-state index contributed by atoms with van der Waals surface area (Å²) in [5.41, 5.74) is -2.23. The summed E-state index contributed by atoms with van der Waals surface area (Å²) in [4.78, 5) is 3.92. The molecule has 0 unspecified atom stereocenters. The van der Waals surface area contributed by atoms with Gasteiger partial charge in [0.25, 0.3) is 0 Å². The van der Waals surface area contributed by atoms with E-state index in [2.05, 4.69) is 15.4 Å². The molecule has 3 rings (SSSR count). The molecule has 0 bridgehead atoms. The summed E-state index contributed by atoms with van der Waals surface area (Å²) in [6, 6.07) is 6.70. The van der Waals surface area contributed by atoms with Crippen LogP contribution in [0.2, 0.25) is 0 Å². The lowest BCUT2D eigenvalue weighted by Gasteiger charge is -2.15. The highest BCUT2D eigenvalue weighted by molar-refractivity contribution is 5.64. The summed E-state index contributed by atoms with van der Waals surface area (Å²) in [5.74, 6) is -0.0605. The molecule has 10 heteroatoms. The number of alkyl halides is 6. The molecule has 2 aromatic heterocycles. The van der Waals surface area contributed by atoms with Crippen LogP contribution in [0.4, 0.5) is 37.8 Å². The molecule has 1 N–H and O–H groups in total. The Hall–Kier alpha value is -2.78. The first-order chi connectivity index (χ1) is 11.6. The number of anilines is 2. The SMILES string of the molecule is Cc1cc(Nc2ccccc2C(F)(F)F)n2nc(C(F)(F)F)cc2n1. The monoisotopic (exact) mass is 360 g/mol. The summed E-state index contributed by atoms with van der Waals surface area (Å²) in [5, 5.41) is 5.90. The van der Waals surface area contributed by atoms with Crippen molar-refractivity contribution >= 4 is 17.2 Å². The van der Waals surface area contributed by atoms with Crippen molar-refractivity contribution in [3.05, 3.63) is 53.3 Å². The minimum Gasteiger partial charge on any atom is -0.340 e. The number of fused-ring (bicyclic) bond motifs is 1. The molecule has 0 aliphatic heterocycles. The molecule has 4 nitrogen and oxygen atoms in total. The highest BCUT2D eigenvalue weighted by Crippen LogP contribution is 2.36. The fourth-order valence-electron chi connectivity index (χ4n) is 2.30. The second-order valence-corrected chi connectivity index (χ2v) is 5.25. The molecule has 0 amide bonds. The van der Waals surface area contributed by atoms with E-state index in [0.29, 0.717) is 5.69 Å². The zero-order chi connectivity index (χ0) is 18.4. The predicted octanol–water partition coefficient (Wildman–Crippen LogP) is 4.82. The van der Waals surface area contributed by atoms with E-state index >= 15 is 0 Å². The quantitative estimate of drug-likeness (QED) is 0.667. The Morgan fingerprint density at radius 1 is 0.960 bits per heavy atom. The van der Waals surface area contributed by atoms with Crippen molar-refractivity contribution in [2.45, 2.75) is 19.3 Å². The summed E-state index contributed by atoms with van der Waals surface area (Å²) in [6.45, 7) is 1.51. The third-order valence-electron chi connectivity index (χ3n) is 3.34.